The number of hydrogen-bond donors (Lipinski definition) is 3. The Hall–Kier alpha value is -4.80. The lowest BCUT2D eigenvalue weighted by atomic mass is 9.84. The summed E-state index contributed by atoms with van der Waals surface area (Å²) in [6.07, 6.45) is -3.15. The van der Waals surface area contributed by atoms with Gasteiger partial charge in [-0.25, -0.2) is 9.59 Å². The lowest BCUT2D eigenvalue weighted by molar-refractivity contribution is -0.158. The lowest BCUT2D eigenvalue weighted by Gasteiger charge is -2.39. The molecule has 2 aromatic carbocycles. The summed E-state index contributed by atoms with van der Waals surface area (Å²) in [5, 5.41) is 14.1. The van der Waals surface area contributed by atoms with E-state index in [0.29, 0.717) is 23.9 Å². The number of halogens is 4. The molecule has 0 aromatic heterocycles. The normalized spacial score (nSPS) is 29.1. The van der Waals surface area contributed by atoms with Crippen LogP contribution in [-0.4, -0.2) is 90.8 Å². The number of amides is 3. The van der Waals surface area contributed by atoms with Gasteiger partial charge in [-0.05, 0) is 63.1 Å². The van der Waals surface area contributed by atoms with Crippen LogP contribution in [0.1, 0.15) is 68.4 Å². The lowest BCUT2D eigenvalue weighted by Crippen LogP contribution is -2.57. The predicted molar refractivity (Wildman–Crippen MR) is 200 cm³/mol. The number of likely N-dealkylation sites (N-methyl/N-ethyl adjacent to an activating group) is 1. The number of nitrogens with zero attached hydrogens (tertiary/aromatic N) is 2. The molecule has 2 saturated heterocycles. The number of ether oxygens (including phenoxy) is 4. The van der Waals surface area contributed by atoms with Crippen LogP contribution in [0.25, 0.3) is 0 Å². The molecule has 4 N–H and O–H groups in total. The third-order valence-electron chi connectivity index (χ3n) is 10.7. The van der Waals surface area contributed by atoms with Crippen LogP contribution >= 0.6 is 11.6 Å². The number of esters is 1. The van der Waals surface area contributed by atoms with Gasteiger partial charge in [0.2, 0.25) is 5.91 Å². The van der Waals surface area contributed by atoms with Crippen molar-refractivity contribution in [3.05, 3.63) is 75.8 Å². The molecule has 3 amide bonds. The number of aliphatic hydroxyl groups is 1. The third kappa shape index (κ3) is 8.92. The van der Waals surface area contributed by atoms with E-state index >= 15 is 0 Å². The highest BCUT2D eigenvalue weighted by atomic mass is 35.5. The number of alkyl halides is 3. The molecule has 5 rings (SSSR count). The fraction of sp³-hybridized carbons (Fsp3) is 0.487. The average Bonchev–Trinajstić information content (AvgIpc) is 3.83. The first-order chi connectivity index (χ1) is 26.1. The Kier molecular flexibility index (Phi) is 12.1. The first kappa shape index (κ1) is 42.3. The summed E-state index contributed by atoms with van der Waals surface area (Å²) in [4.78, 5) is 56.2. The van der Waals surface area contributed by atoms with Crippen molar-refractivity contribution < 1.29 is 56.4 Å². The molecule has 0 radical (unpaired) electrons. The largest absolute Gasteiger partial charge is 0.495 e. The Morgan fingerprint density at radius 2 is 1.91 bits per heavy atom. The highest BCUT2D eigenvalue weighted by Gasteiger charge is 2.64. The van der Waals surface area contributed by atoms with Gasteiger partial charge in [-0.3, -0.25) is 14.9 Å². The molecule has 2 fully saturated rings. The second kappa shape index (κ2) is 16.0. The molecule has 0 unspecified atom stereocenters. The van der Waals surface area contributed by atoms with E-state index in [-0.39, 0.29) is 23.4 Å². The highest BCUT2D eigenvalue weighted by molar-refractivity contribution is 6.35. The predicted octanol–water partition coefficient (Wildman–Crippen LogP) is 5.80. The number of hydrogen-bond acceptors (Lipinski definition) is 10. The van der Waals surface area contributed by atoms with Crippen LogP contribution in [0.4, 0.5) is 29.3 Å². The molecule has 0 spiro atoms. The van der Waals surface area contributed by atoms with Crippen LogP contribution < -0.4 is 20.7 Å². The molecule has 4 bridgehead atoms. The number of nitrogen functional groups attached to an aromatic ring is 1. The summed E-state index contributed by atoms with van der Waals surface area (Å²) in [5.74, 6) is -2.70. The molecule has 2 aromatic rings. The Morgan fingerprint density at radius 1 is 1.21 bits per heavy atom. The summed E-state index contributed by atoms with van der Waals surface area (Å²) in [7, 11) is 4.17. The zero-order chi connectivity index (χ0) is 41.5. The standard InChI is InChI=1S/C39H46ClF3N4O9/c1-20-10-8-9-13-38(52)19-29(54-36(51)45-38)21(2)33-37(4,56-33)30(18-31(48)47(6)27-15-23(14-20)16-28(53-7)32(27)40)55-35(50)22(3)46(5)34(49)24-11-12-26(44)25(17-24)39(41,42)43/h8-12,15-17,21-22,29-30,33,52H,13-14,18-19,44H2,1-7H3,(H,45,51)/b9-8+,20-10+/t21-,22+,29+,30+,33+,37+,38-/m1/s1. The van der Waals surface area contributed by atoms with Gasteiger partial charge in [0, 0.05) is 44.1 Å². The van der Waals surface area contributed by atoms with E-state index in [1.165, 1.54) is 33.0 Å². The van der Waals surface area contributed by atoms with Gasteiger partial charge in [-0.1, -0.05) is 42.3 Å². The minimum absolute atomic E-state index is 0.00966. The van der Waals surface area contributed by atoms with Crippen molar-refractivity contribution in [3.63, 3.8) is 0 Å². The zero-order valence-electron chi connectivity index (χ0n) is 32.0. The van der Waals surface area contributed by atoms with E-state index in [4.69, 9.17) is 36.3 Å². The molecule has 17 heteroatoms. The third-order valence-corrected chi connectivity index (χ3v) is 11.1. The number of alkyl carbamates (subject to hydrolysis) is 1. The number of anilines is 2. The first-order valence-electron chi connectivity index (χ1n) is 17.9. The van der Waals surface area contributed by atoms with Crippen LogP contribution in [-0.2, 0) is 36.4 Å². The number of nitrogens with two attached hydrogens (primary N) is 1. The highest BCUT2D eigenvalue weighted by Crippen LogP contribution is 2.49. The van der Waals surface area contributed by atoms with Crippen LogP contribution in [0.3, 0.4) is 0 Å². The van der Waals surface area contributed by atoms with Crippen LogP contribution in [0.5, 0.6) is 5.75 Å². The Morgan fingerprint density at radius 3 is 2.57 bits per heavy atom. The Balaban J connectivity index is 1.49. The van der Waals surface area contributed by atoms with Crippen molar-refractivity contribution in [1.82, 2.24) is 10.2 Å². The Bertz CT molecular complexity index is 1960. The second-order valence-corrected chi connectivity index (χ2v) is 15.2. The first-order valence-corrected chi connectivity index (χ1v) is 18.2. The summed E-state index contributed by atoms with van der Waals surface area (Å²) in [6, 6.07) is 4.82. The summed E-state index contributed by atoms with van der Waals surface area (Å²) < 4.78 is 63.9. The maximum atomic E-state index is 14.1. The van der Waals surface area contributed by atoms with Gasteiger partial charge in [0.1, 0.15) is 40.3 Å². The molecule has 304 valence electrons. The number of epoxide rings is 1. The summed E-state index contributed by atoms with van der Waals surface area (Å²) in [5.41, 5.74) is 2.38. The molecule has 7 atom stereocenters. The molecular formula is C39H46ClF3N4O9. The number of carbonyl (C=O) groups is 4. The topological polar surface area (TPSA) is 173 Å². The maximum Gasteiger partial charge on any atom is 0.418 e. The number of methoxy groups -OCH3 is 1. The van der Waals surface area contributed by atoms with Crippen molar-refractivity contribution in [2.24, 2.45) is 5.92 Å². The van der Waals surface area contributed by atoms with E-state index in [9.17, 15) is 37.5 Å². The van der Waals surface area contributed by atoms with E-state index < -0.39 is 89.3 Å². The molecular weight excluding hydrogens is 761 g/mol. The van der Waals surface area contributed by atoms with Crippen molar-refractivity contribution in [2.45, 2.75) is 95.2 Å². The van der Waals surface area contributed by atoms with Crippen molar-refractivity contribution in [3.8, 4) is 5.75 Å². The van der Waals surface area contributed by atoms with Crippen LogP contribution in [0.2, 0.25) is 5.02 Å². The van der Waals surface area contributed by atoms with Gasteiger partial charge >= 0.3 is 18.2 Å². The number of allylic oxidation sites excluding steroid dienone is 3. The number of nitrogens with one attached hydrogen (secondary N) is 1. The van der Waals surface area contributed by atoms with E-state index in [1.54, 1.807) is 38.1 Å². The van der Waals surface area contributed by atoms with Gasteiger partial charge in [-0.2, -0.15) is 13.2 Å². The Labute approximate surface area is 327 Å². The van der Waals surface area contributed by atoms with Crippen LogP contribution in [0.15, 0.2) is 54.1 Å². The van der Waals surface area contributed by atoms with Gasteiger partial charge < -0.3 is 39.6 Å². The fourth-order valence-electron chi connectivity index (χ4n) is 7.04. The minimum Gasteiger partial charge on any atom is -0.495 e. The van der Waals surface area contributed by atoms with E-state index in [2.05, 4.69) is 5.32 Å². The van der Waals surface area contributed by atoms with Crippen molar-refractivity contribution in [2.75, 3.05) is 31.8 Å². The molecule has 0 saturated carbocycles. The quantitative estimate of drug-likeness (QED) is 0.190. The number of fused-ring (bicyclic) bond motifs is 5. The molecule has 3 aliphatic heterocycles. The van der Waals surface area contributed by atoms with Crippen molar-refractivity contribution in [1.29, 1.82) is 0 Å². The van der Waals surface area contributed by atoms with Crippen molar-refractivity contribution >= 4 is 46.9 Å². The van der Waals surface area contributed by atoms with E-state index in [1.807, 2.05) is 13.0 Å². The molecule has 56 heavy (non-hydrogen) atoms. The maximum absolute atomic E-state index is 14.1. The zero-order valence-corrected chi connectivity index (χ0v) is 32.8. The van der Waals surface area contributed by atoms with Gasteiger partial charge in [0.05, 0.1) is 30.9 Å². The van der Waals surface area contributed by atoms with Gasteiger partial charge in [0.15, 0.2) is 0 Å². The van der Waals surface area contributed by atoms with E-state index in [0.717, 1.165) is 28.2 Å². The summed E-state index contributed by atoms with van der Waals surface area (Å²) >= 11 is 6.72. The molecule has 3 heterocycles. The monoisotopic (exact) mass is 806 g/mol. The number of rotatable bonds is 5. The van der Waals surface area contributed by atoms with Gasteiger partial charge in [0.25, 0.3) is 5.91 Å². The fourth-order valence-corrected chi connectivity index (χ4v) is 7.36. The molecule has 3 aliphatic rings. The SMILES string of the molecule is COc1cc2cc(c1Cl)N(C)C(=O)C[C@H](OC(=O)[C@H](C)N(C)C(=O)c1ccc(N)c(C(F)(F)F)c1)[C@]1(C)O[C@H]1[C@H](C)[C@@H]1C[C@](O)(C/C=C/C=C(\C)C2)NC(=O)O1. The van der Waals surface area contributed by atoms with Crippen LogP contribution in [0, 0.1) is 5.92 Å². The average molecular weight is 807 g/mol. The molecule has 0 aliphatic carbocycles. The minimum atomic E-state index is -4.83. The number of carbonyl (C=O) groups excluding carboxylic acids is 4. The van der Waals surface area contributed by atoms with Gasteiger partial charge in [-0.15, -0.1) is 0 Å². The second-order valence-electron chi connectivity index (χ2n) is 14.8. The number of benzene rings is 2. The summed E-state index contributed by atoms with van der Waals surface area (Å²) in [6.45, 7) is 6.59. The molecule has 13 nitrogen and oxygen atoms in total. The smallest absolute Gasteiger partial charge is 0.418 e.